The zero-order valence-electron chi connectivity index (χ0n) is 24.4. The van der Waals surface area contributed by atoms with Crippen LogP contribution in [0, 0.1) is 11.8 Å². The van der Waals surface area contributed by atoms with Gasteiger partial charge < -0.3 is 30.2 Å². The van der Waals surface area contributed by atoms with Crippen molar-refractivity contribution in [3.8, 4) is 0 Å². The normalized spacial score (nSPS) is 22.2. The van der Waals surface area contributed by atoms with Gasteiger partial charge in [0.1, 0.15) is 5.60 Å². The fourth-order valence-corrected chi connectivity index (χ4v) is 6.82. The standard InChI is InChI=1S/C31H38N8O3/c1-31(2,3)42-30(41)39-10-8-38(9-11-39)27-16-26-25(35-29(36-26)34-23-13-18-4-5-19(23)12-18)15-22(27)28(40)33-21-7-6-20-17-32-37-24(20)14-21/h6-7,14-19,23H,4-5,8-13H2,1-3H3,(H,32,37)(H,33,40)(H2,34,35,36)/t18?,19?,23-/m0/s1. The summed E-state index contributed by atoms with van der Waals surface area (Å²) >= 11 is 0. The van der Waals surface area contributed by atoms with Gasteiger partial charge in [-0.3, -0.25) is 9.89 Å². The van der Waals surface area contributed by atoms with Crippen molar-refractivity contribution in [1.29, 1.82) is 0 Å². The Bertz CT molecular complexity index is 1640. The minimum Gasteiger partial charge on any atom is -0.444 e. The second-order valence-electron chi connectivity index (χ2n) is 13.0. The molecular weight excluding hydrogens is 532 g/mol. The molecule has 0 radical (unpaired) electrons. The lowest BCUT2D eigenvalue weighted by atomic mass is 9.95. The van der Waals surface area contributed by atoms with E-state index in [-0.39, 0.29) is 12.0 Å². The fourth-order valence-electron chi connectivity index (χ4n) is 6.82. The van der Waals surface area contributed by atoms with Crippen molar-refractivity contribution < 1.29 is 14.3 Å². The number of nitrogens with zero attached hydrogens (tertiary/aromatic N) is 4. The number of aromatic amines is 2. The van der Waals surface area contributed by atoms with E-state index in [1.807, 2.05) is 51.1 Å². The van der Waals surface area contributed by atoms with Gasteiger partial charge in [-0.1, -0.05) is 6.42 Å². The number of amides is 2. The molecule has 3 aliphatic rings. The summed E-state index contributed by atoms with van der Waals surface area (Å²) in [6.45, 7) is 7.77. The van der Waals surface area contributed by atoms with E-state index in [0.717, 1.165) is 39.5 Å². The lowest BCUT2D eigenvalue weighted by Gasteiger charge is -2.37. The Morgan fingerprint density at radius 3 is 2.60 bits per heavy atom. The molecular formula is C31H38N8O3. The SMILES string of the molecule is CC(C)(C)OC(=O)N1CCN(c2cc3nc(N[C@H]4CC5CCC4C5)[nH]c3cc2C(=O)Nc2ccc3cn[nH]c3c2)CC1. The molecule has 2 aromatic heterocycles. The van der Waals surface area contributed by atoms with Crippen LogP contribution < -0.4 is 15.5 Å². The molecule has 4 aromatic rings. The van der Waals surface area contributed by atoms with Gasteiger partial charge in [-0.2, -0.15) is 5.10 Å². The van der Waals surface area contributed by atoms with Crippen LogP contribution in [0.1, 0.15) is 56.8 Å². The summed E-state index contributed by atoms with van der Waals surface area (Å²) in [4.78, 5) is 38.7. The number of piperazine rings is 1. The quantitative estimate of drug-likeness (QED) is 0.254. The summed E-state index contributed by atoms with van der Waals surface area (Å²) in [5.74, 6) is 2.09. The summed E-state index contributed by atoms with van der Waals surface area (Å²) in [5, 5.41) is 14.7. The second kappa shape index (κ2) is 10.2. The number of ether oxygens (including phenoxy) is 1. The largest absolute Gasteiger partial charge is 0.444 e. The van der Waals surface area contributed by atoms with E-state index in [2.05, 4.69) is 30.7 Å². The molecule has 2 saturated carbocycles. The minimum absolute atomic E-state index is 0.211. The highest BCUT2D eigenvalue weighted by atomic mass is 16.6. The fraction of sp³-hybridized carbons (Fsp3) is 0.484. The molecule has 2 bridgehead atoms. The first kappa shape index (κ1) is 26.6. The Balaban J connectivity index is 1.16. The van der Waals surface area contributed by atoms with Crippen molar-refractivity contribution in [2.75, 3.05) is 41.7 Å². The van der Waals surface area contributed by atoms with Crippen LogP contribution in [0.3, 0.4) is 0 Å². The first-order valence-electron chi connectivity index (χ1n) is 15.0. The van der Waals surface area contributed by atoms with Crippen LogP contribution in [0.5, 0.6) is 0 Å². The number of imidazole rings is 1. The summed E-state index contributed by atoms with van der Waals surface area (Å²) < 4.78 is 5.58. The van der Waals surface area contributed by atoms with E-state index in [1.54, 1.807) is 11.1 Å². The van der Waals surface area contributed by atoms with Gasteiger partial charge in [-0.25, -0.2) is 9.78 Å². The Kier molecular flexibility index (Phi) is 6.47. The number of hydrogen-bond acceptors (Lipinski definition) is 7. The predicted molar refractivity (Wildman–Crippen MR) is 163 cm³/mol. The molecule has 4 N–H and O–H groups in total. The van der Waals surface area contributed by atoms with E-state index >= 15 is 0 Å². The maximum Gasteiger partial charge on any atom is 0.410 e. The monoisotopic (exact) mass is 570 g/mol. The van der Waals surface area contributed by atoms with Crippen molar-refractivity contribution >= 4 is 51.3 Å². The van der Waals surface area contributed by atoms with Crippen molar-refractivity contribution in [2.24, 2.45) is 11.8 Å². The molecule has 220 valence electrons. The van der Waals surface area contributed by atoms with Crippen molar-refractivity contribution in [3.63, 3.8) is 0 Å². The van der Waals surface area contributed by atoms with Crippen LogP contribution in [0.2, 0.25) is 0 Å². The first-order valence-corrected chi connectivity index (χ1v) is 15.0. The number of carbonyl (C=O) groups is 2. The molecule has 2 aromatic carbocycles. The number of hydrogen-bond donors (Lipinski definition) is 4. The summed E-state index contributed by atoms with van der Waals surface area (Å²) in [6.07, 6.45) is 6.59. The van der Waals surface area contributed by atoms with E-state index < -0.39 is 5.60 Å². The Hall–Kier alpha value is -4.28. The Morgan fingerprint density at radius 2 is 1.86 bits per heavy atom. The van der Waals surface area contributed by atoms with Crippen LogP contribution in [0.25, 0.3) is 21.9 Å². The number of rotatable bonds is 5. The summed E-state index contributed by atoms with van der Waals surface area (Å²) in [5.41, 5.74) is 3.95. The highest BCUT2D eigenvalue weighted by Gasteiger charge is 2.39. The lowest BCUT2D eigenvalue weighted by Crippen LogP contribution is -2.50. The average Bonchev–Trinajstić information content (AvgIpc) is 3.75. The van der Waals surface area contributed by atoms with Crippen LogP contribution in [-0.2, 0) is 4.74 Å². The number of fused-ring (bicyclic) bond motifs is 4. The summed E-state index contributed by atoms with van der Waals surface area (Å²) in [6, 6.07) is 10.0. The van der Waals surface area contributed by atoms with Gasteiger partial charge in [0.05, 0.1) is 34.0 Å². The van der Waals surface area contributed by atoms with Gasteiger partial charge in [0.2, 0.25) is 5.95 Å². The highest BCUT2D eigenvalue weighted by molar-refractivity contribution is 6.11. The van der Waals surface area contributed by atoms with Crippen molar-refractivity contribution in [2.45, 2.75) is 58.1 Å². The number of benzene rings is 2. The molecule has 7 rings (SSSR count). The van der Waals surface area contributed by atoms with Gasteiger partial charge in [-0.15, -0.1) is 0 Å². The third-order valence-corrected chi connectivity index (χ3v) is 8.88. The molecule has 1 saturated heterocycles. The van der Waals surface area contributed by atoms with Crippen LogP contribution in [0.15, 0.2) is 36.5 Å². The smallest absolute Gasteiger partial charge is 0.410 e. The Morgan fingerprint density at radius 1 is 1.02 bits per heavy atom. The van der Waals surface area contributed by atoms with Gasteiger partial charge >= 0.3 is 6.09 Å². The van der Waals surface area contributed by atoms with E-state index in [4.69, 9.17) is 9.72 Å². The zero-order chi connectivity index (χ0) is 29.0. The van der Waals surface area contributed by atoms with E-state index in [0.29, 0.717) is 49.4 Å². The second-order valence-corrected chi connectivity index (χ2v) is 13.0. The number of aromatic nitrogens is 4. The number of carbonyl (C=O) groups excluding carboxylic acids is 2. The number of H-pyrrole nitrogens is 2. The van der Waals surface area contributed by atoms with Crippen molar-refractivity contribution in [1.82, 2.24) is 25.1 Å². The summed E-state index contributed by atoms with van der Waals surface area (Å²) in [7, 11) is 0. The van der Waals surface area contributed by atoms with Crippen LogP contribution in [0.4, 0.5) is 22.1 Å². The predicted octanol–water partition coefficient (Wildman–Crippen LogP) is 5.35. The molecule has 11 nitrogen and oxygen atoms in total. The highest BCUT2D eigenvalue weighted by Crippen LogP contribution is 2.45. The lowest BCUT2D eigenvalue weighted by molar-refractivity contribution is 0.0240. The molecule has 11 heteroatoms. The zero-order valence-corrected chi connectivity index (χ0v) is 24.4. The van der Waals surface area contributed by atoms with Gasteiger partial charge in [-0.05, 0) is 82.2 Å². The average molecular weight is 571 g/mol. The molecule has 2 aliphatic carbocycles. The van der Waals surface area contributed by atoms with Gasteiger partial charge in [0.25, 0.3) is 5.91 Å². The third kappa shape index (κ3) is 5.23. The minimum atomic E-state index is -0.548. The topological polar surface area (TPSA) is 131 Å². The molecule has 42 heavy (non-hydrogen) atoms. The maximum atomic E-state index is 13.8. The number of nitrogens with one attached hydrogen (secondary N) is 4. The Labute approximate surface area is 244 Å². The van der Waals surface area contributed by atoms with Gasteiger partial charge in [0.15, 0.2) is 0 Å². The molecule has 1 aliphatic heterocycles. The molecule has 0 spiro atoms. The molecule has 2 amide bonds. The van der Waals surface area contributed by atoms with Crippen LogP contribution >= 0.6 is 0 Å². The molecule has 2 unspecified atom stereocenters. The van der Waals surface area contributed by atoms with Crippen molar-refractivity contribution in [3.05, 3.63) is 42.1 Å². The molecule has 3 atom stereocenters. The first-order chi connectivity index (χ1) is 20.2. The third-order valence-electron chi connectivity index (χ3n) is 8.88. The molecule has 3 fully saturated rings. The number of anilines is 3. The van der Waals surface area contributed by atoms with E-state index in [9.17, 15) is 9.59 Å². The van der Waals surface area contributed by atoms with Crippen LogP contribution in [-0.4, -0.2) is 74.9 Å². The van der Waals surface area contributed by atoms with E-state index in [1.165, 1.54) is 25.7 Å². The maximum absolute atomic E-state index is 13.8. The van der Waals surface area contributed by atoms with Gasteiger partial charge in [0, 0.05) is 43.3 Å². The molecule has 3 heterocycles.